The van der Waals surface area contributed by atoms with E-state index in [1.165, 1.54) is 12.1 Å². The van der Waals surface area contributed by atoms with Gasteiger partial charge >= 0.3 is 6.03 Å². The number of urea groups is 1. The molecule has 0 aromatic heterocycles. The van der Waals surface area contributed by atoms with Crippen LogP contribution >= 0.6 is 0 Å². The van der Waals surface area contributed by atoms with Crippen molar-refractivity contribution in [3.8, 4) is 0 Å². The molecule has 6 heteroatoms. The van der Waals surface area contributed by atoms with Gasteiger partial charge in [-0.05, 0) is 41.0 Å². The number of carbonyl (C=O) groups excluding carboxylic acids is 2. The van der Waals surface area contributed by atoms with Crippen molar-refractivity contribution in [1.82, 2.24) is 16.2 Å². The largest absolute Gasteiger partial charge is 0.333 e. The second-order valence-corrected chi connectivity index (χ2v) is 6.58. The highest BCUT2D eigenvalue weighted by molar-refractivity contribution is 6.07. The third kappa shape index (κ3) is 3.74. The Labute approximate surface area is 155 Å². The van der Waals surface area contributed by atoms with Gasteiger partial charge in [0.15, 0.2) is 0 Å². The molecule has 3 N–H and O–H groups in total. The van der Waals surface area contributed by atoms with Crippen LogP contribution in [0.5, 0.6) is 0 Å². The predicted octanol–water partition coefficient (Wildman–Crippen LogP) is 3.48. The molecule has 3 aromatic carbocycles. The summed E-state index contributed by atoms with van der Waals surface area (Å²) in [5.41, 5.74) is 6.15. The molecule has 0 spiro atoms. The Morgan fingerprint density at radius 3 is 2.56 bits per heavy atom. The molecule has 5 nitrogen and oxygen atoms in total. The predicted molar refractivity (Wildman–Crippen MR) is 101 cm³/mol. The van der Waals surface area contributed by atoms with E-state index in [4.69, 9.17) is 0 Å². The van der Waals surface area contributed by atoms with E-state index in [9.17, 15) is 14.0 Å². The van der Waals surface area contributed by atoms with Crippen LogP contribution in [0.4, 0.5) is 9.18 Å². The first-order chi connectivity index (χ1) is 13.1. The summed E-state index contributed by atoms with van der Waals surface area (Å²) in [6, 6.07) is 18.8. The fourth-order valence-electron chi connectivity index (χ4n) is 3.27. The van der Waals surface area contributed by atoms with Crippen molar-refractivity contribution in [2.24, 2.45) is 0 Å². The third-order valence-corrected chi connectivity index (χ3v) is 4.71. The Bertz CT molecular complexity index is 1020. The average molecular weight is 363 g/mol. The number of halogens is 1. The van der Waals surface area contributed by atoms with Crippen molar-refractivity contribution in [2.45, 2.75) is 18.4 Å². The lowest BCUT2D eigenvalue weighted by Gasteiger charge is -2.10. The van der Waals surface area contributed by atoms with Crippen LogP contribution < -0.4 is 16.2 Å². The van der Waals surface area contributed by atoms with Gasteiger partial charge in [0, 0.05) is 17.5 Å². The molecule has 3 amide bonds. The fraction of sp³-hybridized carbons (Fsp3) is 0.143. The Hall–Kier alpha value is -3.41. The molecule has 0 bridgehead atoms. The lowest BCUT2D eigenvalue weighted by molar-refractivity contribution is 0.0938. The van der Waals surface area contributed by atoms with Crippen LogP contribution in [0.3, 0.4) is 0 Å². The van der Waals surface area contributed by atoms with Crippen molar-refractivity contribution in [2.75, 3.05) is 0 Å². The van der Waals surface area contributed by atoms with Crippen LogP contribution in [-0.2, 0) is 0 Å². The minimum atomic E-state index is -0.493. The highest BCUT2D eigenvalue weighted by atomic mass is 19.1. The molecule has 27 heavy (non-hydrogen) atoms. The maximum atomic E-state index is 13.3. The molecule has 0 heterocycles. The molecule has 0 saturated heterocycles. The molecule has 4 rings (SSSR count). The summed E-state index contributed by atoms with van der Waals surface area (Å²) in [5.74, 6) is -0.579. The summed E-state index contributed by atoms with van der Waals surface area (Å²) in [6.45, 7) is 0. The van der Waals surface area contributed by atoms with Gasteiger partial charge < -0.3 is 5.32 Å². The van der Waals surface area contributed by atoms with Crippen LogP contribution in [0.2, 0.25) is 0 Å². The number of amides is 3. The van der Waals surface area contributed by atoms with Crippen LogP contribution in [0.15, 0.2) is 66.7 Å². The van der Waals surface area contributed by atoms with Crippen LogP contribution in [0.1, 0.15) is 28.3 Å². The normalized spacial score (nSPS) is 18.0. The molecule has 1 aliphatic rings. The zero-order chi connectivity index (χ0) is 18.8. The molecule has 0 radical (unpaired) electrons. The van der Waals surface area contributed by atoms with E-state index in [-0.39, 0.29) is 23.7 Å². The van der Waals surface area contributed by atoms with Gasteiger partial charge in [-0.2, -0.15) is 0 Å². The van der Waals surface area contributed by atoms with E-state index in [1.54, 1.807) is 18.2 Å². The summed E-state index contributed by atoms with van der Waals surface area (Å²) in [6.07, 6.45) is 0.744. The molecule has 2 atom stereocenters. The molecule has 136 valence electrons. The van der Waals surface area contributed by atoms with E-state index in [2.05, 4.69) is 16.2 Å². The van der Waals surface area contributed by atoms with Gasteiger partial charge in [-0.3, -0.25) is 10.2 Å². The molecular formula is C21H18FN3O2. The highest BCUT2D eigenvalue weighted by Crippen LogP contribution is 2.40. The van der Waals surface area contributed by atoms with Gasteiger partial charge in [0.25, 0.3) is 5.91 Å². The quantitative estimate of drug-likeness (QED) is 0.624. The minimum absolute atomic E-state index is 0.0683. The average Bonchev–Trinajstić information content (AvgIpc) is 3.44. The number of fused-ring (bicyclic) bond motifs is 1. The Morgan fingerprint density at radius 1 is 0.926 bits per heavy atom. The standard InChI is InChI=1S/C21H18FN3O2/c22-15-8-3-7-14(11-15)18-12-19(18)23-21(27)25-24-20(26)17-10-4-6-13-5-1-2-9-16(13)17/h1-11,18-19H,12H2,(H,24,26)(H2,23,25,27). The summed E-state index contributed by atoms with van der Waals surface area (Å²) in [7, 11) is 0. The minimum Gasteiger partial charge on any atom is -0.333 e. The number of hydrogen-bond donors (Lipinski definition) is 3. The van der Waals surface area contributed by atoms with Crippen molar-refractivity contribution < 1.29 is 14.0 Å². The van der Waals surface area contributed by atoms with Crippen molar-refractivity contribution in [3.05, 3.63) is 83.7 Å². The second kappa shape index (κ2) is 7.07. The van der Waals surface area contributed by atoms with Gasteiger partial charge in [0.2, 0.25) is 0 Å². The van der Waals surface area contributed by atoms with E-state index >= 15 is 0 Å². The van der Waals surface area contributed by atoms with Crippen LogP contribution in [0.25, 0.3) is 10.8 Å². The Kier molecular flexibility index (Phi) is 4.46. The molecule has 3 aromatic rings. The number of rotatable bonds is 3. The van der Waals surface area contributed by atoms with E-state index < -0.39 is 6.03 Å². The zero-order valence-corrected chi connectivity index (χ0v) is 14.4. The number of benzene rings is 3. The van der Waals surface area contributed by atoms with Crippen molar-refractivity contribution in [1.29, 1.82) is 0 Å². The smallest absolute Gasteiger partial charge is 0.333 e. The first kappa shape index (κ1) is 17.0. The van der Waals surface area contributed by atoms with Gasteiger partial charge in [-0.1, -0.05) is 48.5 Å². The maximum absolute atomic E-state index is 13.3. The summed E-state index contributed by atoms with van der Waals surface area (Å²) >= 11 is 0. The van der Waals surface area contributed by atoms with Crippen molar-refractivity contribution >= 4 is 22.7 Å². The maximum Gasteiger partial charge on any atom is 0.333 e. The first-order valence-corrected chi connectivity index (χ1v) is 8.72. The Balaban J connectivity index is 1.33. The lowest BCUT2D eigenvalue weighted by atomic mass is 10.0. The lowest BCUT2D eigenvalue weighted by Crippen LogP contribution is -2.47. The van der Waals surface area contributed by atoms with Crippen molar-refractivity contribution in [3.63, 3.8) is 0 Å². The van der Waals surface area contributed by atoms with Crippen LogP contribution in [0, 0.1) is 5.82 Å². The summed E-state index contributed by atoms with van der Waals surface area (Å²) in [4.78, 5) is 24.4. The van der Waals surface area contributed by atoms with Gasteiger partial charge in [-0.15, -0.1) is 0 Å². The molecule has 1 aliphatic carbocycles. The zero-order valence-electron chi connectivity index (χ0n) is 14.4. The highest BCUT2D eigenvalue weighted by Gasteiger charge is 2.39. The number of carbonyl (C=O) groups is 2. The third-order valence-electron chi connectivity index (χ3n) is 4.71. The summed E-state index contributed by atoms with van der Waals surface area (Å²) in [5, 5.41) is 4.54. The SMILES string of the molecule is O=C(NNC(=O)c1cccc2ccccc12)NC1CC1c1cccc(F)c1. The molecule has 1 fully saturated rings. The van der Waals surface area contributed by atoms with E-state index in [1.807, 2.05) is 36.4 Å². The molecule has 1 saturated carbocycles. The van der Waals surface area contributed by atoms with Crippen LogP contribution in [-0.4, -0.2) is 18.0 Å². The Morgan fingerprint density at radius 2 is 1.70 bits per heavy atom. The second-order valence-electron chi connectivity index (χ2n) is 6.58. The van der Waals surface area contributed by atoms with Gasteiger partial charge in [0.1, 0.15) is 5.82 Å². The summed E-state index contributed by atoms with van der Waals surface area (Å²) < 4.78 is 13.3. The van der Waals surface area contributed by atoms with Gasteiger partial charge in [0.05, 0.1) is 0 Å². The fourth-order valence-corrected chi connectivity index (χ4v) is 3.27. The first-order valence-electron chi connectivity index (χ1n) is 8.72. The molecular weight excluding hydrogens is 345 g/mol. The number of hydrogen-bond acceptors (Lipinski definition) is 2. The number of hydrazine groups is 1. The van der Waals surface area contributed by atoms with E-state index in [0.717, 1.165) is 22.8 Å². The molecule has 0 aliphatic heterocycles. The molecule has 2 unspecified atom stereocenters. The van der Waals surface area contributed by atoms with E-state index in [0.29, 0.717) is 5.56 Å². The monoisotopic (exact) mass is 363 g/mol. The topological polar surface area (TPSA) is 70.2 Å². The number of nitrogens with one attached hydrogen (secondary N) is 3. The van der Waals surface area contributed by atoms with Gasteiger partial charge in [-0.25, -0.2) is 14.6 Å².